The van der Waals surface area contributed by atoms with Crippen LogP contribution in [-0.4, -0.2) is 0 Å². The lowest BCUT2D eigenvalue weighted by atomic mass is 9.90. The Hall–Kier alpha value is -7.50. The number of para-hydroxylation sites is 4. The Morgan fingerprint density at radius 1 is 0.446 bits per heavy atom. The number of fused-ring (bicyclic) bond motifs is 9. The molecule has 8 aromatic carbocycles. The first-order valence-electron chi connectivity index (χ1n) is 18.9. The van der Waals surface area contributed by atoms with Gasteiger partial charge >= 0.3 is 0 Å². The molecule has 264 valence electrons. The van der Waals surface area contributed by atoms with Crippen LogP contribution in [0.15, 0.2) is 203 Å². The lowest BCUT2D eigenvalue weighted by molar-refractivity contribution is 0.502. The summed E-state index contributed by atoms with van der Waals surface area (Å²) < 4.78 is 19.7. The van der Waals surface area contributed by atoms with E-state index in [4.69, 9.17) is 13.6 Å². The van der Waals surface area contributed by atoms with E-state index >= 15 is 0 Å². The van der Waals surface area contributed by atoms with Crippen LogP contribution in [0.3, 0.4) is 0 Å². The van der Waals surface area contributed by atoms with Crippen molar-refractivity contribution < 1.29 is 13.6 Å². The first-order valence-corrected chi connectivity index (χ1v) is 18.9. The summed E-state index contributed by atoms with van der Waals surface area (Å²) >= 11 is 0. The summed E-state index contributed by atoms with van der Waals surface area (Å²) in [4.78, 5) is 4.70. The van der Waals surface area contributed by atoms with Crippen molar-refractivity contribution in [1.82, 2.24) is 0 Å². The highest BCUT2D eigenvalue weighted by Crippen LogP contribution is 2.56. The number of allylic oxidation sites excluding steroid dienone is 1. The first-order chi connectivity index (χ1) is 27.8. The number of benzene rings is 8. The molecule has 1 unspecified atom stereocenters. The highest BCUT2D eigenvalue weighted by Gasteiger charge is 2.41. The van der Waals surface area contributed by atoms with Crippen molar-refractivity contribution in [2.24, 2.45) is 0 Å². The molecule has 3 heterocycles. The smallest absolute Gasteiger partial charge is 0.155 e. The Bertz CT molecular complexity index is 3100. The number of furan rings is 2. The van der Waals surface area contributed by atoms with Crippen LogP contribution in [0.25, 0.3) is 49.6 Å². The minimum absolute atomic E-state index is 0.0264. The molecule has 0 saturated carbocycles. The van der Waals surface area contributed by atoms with Gasteiger partial charge in [-0.05, 0) is 77.9 Å². The second kappa shape index (κ2) is 12.0. The molecule has 0 bridgehead atoms. The fourth-order valence-corrected chi connectivity index (χ4v) is 8.86. The first kappa shape index (κ1) is 30.9. The number of rotatable bonds is 5. The van der Waals surface area contributed by atoms with Crippen LogP contribution in [-0.2, 0) is 0 Å². The molecule has 2 aliphatic rings. The molecule has 0 fully saturated rings. The van der Waals surface area contributed by atoms with Crippen molar-refractivity contribution in [2.45, 2.75) is 5.92 Å². The molecule has 1 aliphatic heterocycles. The van der Waals surface area contributed by atoms with Crippen molar-refractivity contribution in [3.05, 3.63) is 210 Å². The van der Waals surface area contributed by atoms with Crippen LogP contribution in [0.1, 0.15) is 22.6 Å². The third-order valence-electron chi connectivity index (χ3n) is 11.3. The summed E-state index contributed by atoms with van der Waals surface area (Å²) in [5.41, 5.74) is 13.0. The molecule has 10 aromatic rings. The van der Waals surface area contributed by atoms with Crippen LogP contribution < -0.4 is 14.5 Å². The van der Waals surface area contributed by atoms with E-state index < -0.39 is 0 Å². The summed E-state index contributed by atoms with van der Waals surface area (Å²) in [6, 6.07) is 66.0. The number of nitrogens with zero attached hydrogens (tertiary/aromatic N) is 2. The van der Waals surface area contributed by atoms with E-state index in [0.29, 0.717) is 0 Å². The number of anilines is 5. The molecule has 5 nitrogen and oxygen atoms in total. The largest absolute Gasteiger partial charge is 0.456 e. The monoisotopic (exact) mass is 720 g/mol. The van der Waals surface area contributed by atoms with E-state index in [1.807, 2.05) is 30.3 Å². The highest BCUT2D eigenvalue weighted by atomic mass is 16.5. The zero-order valence-corrected chi connectivity index (χ0v) is 30.1. The molecule has 56 heavy (non-hydrogen) atoms. The van der Waals surface area contributed by atoms with Gasteiger partial charge in [-0.3, -0.25) is 0 Å². The van der Waals surface area contributed by atoms with Crippen LogP contribution >= 0.6 is 0 Å². The van der Waals surface area contributed by atoms with Gasteiger partial charge in [0, 0.05) is 62.0 Å². The van der Waals surface area contributed by atoms with Gasteiger partial charge in [0.1, 0.15) is 22.3 Å². The zero-order valence-electron chi connectivity index (χ0n) is 30.1. The normalized spacial score (nSPS) is 14.6. The predicted molar refractivity (Wildman–Crippen MR) is 227 cm³/mol. The molecule has 0 amide bonds. The van der Waals surface area contributed by atoms with E-state index in [1.165, 1.54) is 11.1 Å². The van der Waals surface area contributed by atoms with Crippen molar-refractivity contribution in [3.8, 4) is 5.75 Å². The summed E-state index contributed by atoms with van der Waals surface area (Å²) in [6.07, 6.45) is 0. The third-order valence-corrected chi connectivity index (χ3v) is 11.3. The van der Waals surface area contributed by atoms with Crippen LogP contribution in [0.2, 0.25) is 0 Å². The molecular weight excluding hydrogens is 689 g/mol. The second-order valence-electron chi connectivity index (χ2n) is 14.5. The van der Waals surface area contributed by atoms with Gasteiger partial charge in [0.25, 0.3) is 0 Å². The topological polar surface area (TPSA) is 42.0 Å². The fourth-order valence-electron chi connectivity index (χ4n) is 8.86. The van der Waals surface area contributed by atoms with Gasteiger partial charge < -0.3 is 23.4 Å². The van der Waals surface area contributed by atoms with E-state index in [1.54, 1.807) is 0 Å². The standard InChI is InChI=1S/C51H32N2O3/c1-2-13-32(14-3-1)49-41-19-4-5-20-42(41)51-50(49)53(43-21-8-11-24-46(43)56-51)34-16-12-15-33(29-34)52(35-25-27-39-37-17-6-9-22-44(37)54-47(39)30-35)36-26-28-40-38-18-7-10-23-45(38)55-48(40)31-36/h1-31,49H. The van der Waals surface area contributed by atoms with Gasteiger partial charge in [0.15, 0.2) is 11.5 Å². The van der Waals surface area contributed by atoms with Gasteiger partial charge in [0.2, 0.25) is 0 Å². The predicted octanol–water partition coefficient (Wildman–Crippen LogP) is 14.0. The number of hydrogen-bond donors (Lipinski definition) is 0. The van der Waals surface area contributed by atoms with Gasteiger partial charge in [-0.2, -0.15) is 0 Å². The Labute approximate surface area is 322 Å². The number of hydrogen-bond acceptors (Lipinski definition) is 5. The SMILES string of the molecule is c1ccc(C2C3=C(Oc4ccccc4N3c3cccc(N(c4ccc5c(c4)oc4ccccc45)c4ccc5c(c4)oc4ccccc45)c3)c3ccccc32)cc1. The van der Waals surface area contributed by atoms with E-state index in [9.17, 15) is 0 Å². The Kier molecular flexibility index (Phi) is 6.63. The Morgan fingerprint density at radius 3 is 1.77 bits per heavy atom. The second-order valence-corrected chi connectivity index (χ2v) is 14.5. The molecule has 2 aromatic heterocycles. The summed E-state index contributed by atoms with van der Waals surface area (Å²) in [6.45, 7) is 0. The molecule has 0 saturated heterocycles. The molecule has 1 aliphatic carbocycles. The zero-order chi connectivity index (χ0) is 36.7. The molecule has 0 spiro atoms. The Morgan fingerprint density at radius 2 is 1.04 bits per heavy atom. The molecule has 5 heteroatoms. The summed E-state index contributed by atoms with van der Waals surface area (Å²) in [5.74, 6) is 1.69. The van der Waals surface area contributed by atoms with Crippen molar-refractivity contribution >= 4 is 78.1 Å². The maximum atomic E-state index is 6.84. The molecule has 12 rings (SSSR count). The minimum Gasteiger partial charge on any atom is -0.456 e. The van der Waals surface area contributed by atoms with E-state index in [2.05, 4.69) is 168 Å². The average molecular weight is 721 g/mol. The highest BCUT2D eigenvalue weighted by molar-refractivity contribution is 6.08. The van der Waals surface area contributed by atoms with Gasteiger partial charge in [-0.25, -0.2) is 0 Å². The quantitative estimate of drug-likeness (QED) is 0.177. The maximum absolute atomic E-state index is 6.84. The molecule has 0 N–H and O–H groups in total. The van der Waals surface area contributed by atoms with Gasteiger partial charge in [-0.1, -0.05) is 109 Å². The average Bonchev–Trinajstić information content (AvgIpc) is 3.92. The minimum atomic E-state index is -0.0264. The van der Waals surface area contributed by atoms with Gasteiger partial charge in [-0.15, -0.1) is 0 Å². The van der Waals surface area contributed by atoms with Crippen LogP contribution in [0.5, 0.6) is 5.75 Å². The van der Waals surface area contributed by atoms with Crippen LogP contribution in [0.4, 0.5) is 28.4 Å². The molecule has 0 radical (unpaired) electrons. The van der Waals surface area contributed by atoms with Crippen molar-refractivity contribution in [3.63, 3.8) is 0 Å². The fraction of sp³-hybridized carbons (Fsp3) is 0.0196. The molecule has 1 atom stereocenters. The lowest BCUT2D eigenvalue weighted by Crippen LogP contribution is -2.25. The maximum Gasteiger partial charge on any atom is 0.155 e. The summed E-state index contributed by atoms with van der Waals surface area (Å²) in [5, 5.41) is 4.38. The van der Waals surface area contributed by atoms with E-state index in [0.717, 1.165) is 95.1 Å². The van der Waals surface area contributed by atoms with Crippen LogP contribution in [0, 0.1) is 0 Å². The van der Waals surface area contributed by atoms with Crippen molar-refractivity contribution in [2.75, 3.05) is 9.80 Å². The van der Waals surface area contributed by atoms with E-state index in [-0.39, 0.29) is 5.92 Å². The summed E-state index contributed by atoms with van der Waals surface area (Å²) in [7, 11) is 0. The van der Waals surface area contributed by atoms with Crippen molar-refractivity contribution in [1.29, 1.82) is 0 Å². The molecular formula is C51H32N2O3. The third kappa shape index (κ3) is 4.61. The number of ether oxygens (including phenoxy) is 1. The van der Waals surface area contributed by atoms with Gasteiger partial charge in [0.05, 0.1) is 17.3 Å². The Balaban J connectivity index is 1.07. The lowest BCUT2D eigenvalue weighted by Gasteiger charge is -2.36.